The van der Waals surface area contributed by atoms with Crippen LogP contribution in [-0.2, 0) is 0 Å². The van der Waals surface area contributed by atoms with E-state index in [1.54, 1.807) is 13.1 Å². The lowest BCUT2D eigenvalue weighted by Crippen LogP contribution is -2.24. The molecule has 144 valence electrons. The number of anilines is 3. The number of methoxy groups -OCH3 is 1. The van der Waals surface area contributed by atoms with Crippen LogP contribution in [-0.4, -0.2) is 48.4 Å². The molecule has 0 saturated heterocycles. The molecule has 1 unspecified atom stereocenters. The maximum absolute atomic E-state index is 15.3. The number of hydrogen-bond acceptors (Lipinski definition) is 7. The second-order valence-electron chi connectivity index (χ2n) is 6.37. The third kappa shape index (κ3) is 4.35. The first-order valence-electron chi connectivity index (χ1n) is 8.76. The number of halogens is 1. The zero-order valence-corrected chi connectivity index (χ0v) is 15.6. The number of nitrogens with one attached hydrogen (secondary N) is 3. The summed E-state index contributed by atoms with van der Waals surface area (Å²) in [6.07, 6.45) is 3.08. The number of aryl methyl sites for hydroxylation is 1. The highest BCUT2D eigenvalue weighted by molar-refractivity contribution is 5.75. The number of aromatic nitrogens is 2. The molecule has 3 heterocycles. The normalized spacial score (nSPS) is 17.1. The summed E-state index contributed by atoms with van der Waals surface area (Å²) in [5.41, 5.74) is 2.64. The fourth-order valence-electron chi connectivity index (χ4n) is 3.07. The lowest BCUT2D eigenvalue weighted by atomic mass is 9.99. The number of ether oxygens (including phenoxy) is 1. The third-order valence-corrected chi connectivity index (χ3v) is 4.34. The second kappa shape index (κ2) is 8.32. The summed E-state index contributed by atoms with van der Waals surface area (Å²) in [6, 6.07) is 3.66. The van der Waals surface area contributed by atoms with E-state index in [4.69, 9.17) is 4.74 Å². The van der Waals surface area contributed by atoms with E-state index in [1.165, 1.54) is 13.3 Å². The molecule has 0 aromatic carbocycles. The number of aliphatic hydroxyl groups is 1. The standard InChI is InChI=1S/C19H24FN5O2/c1-11-6-13(21-2)8-16(24-11)25-19-18(20)17(15(27-3)10-23-19)12-4-5-22-9-14(26)7-12/h4,6,8,10,14,22,26H,5,7,9H2,1-3H3,(H2,21,23,24,25). The molecule has 2 aromatic heterocycles. The van der Waals surface area contributed by atoms with Gasteiger partial charge in [-0.05, 0) is 18.6 Å². The third-order valence-electron chi connectivity index (χ3n) is 4.34. The summed E-state index contributed by atoms with van der Waals surface area (Å²) in [5.74, 6) is 0.326. The molecule has 27 heavy (non-hydrogen) atoms. The summed E-state index contributed by atoms with van der Waals surface area (Å²) in [4.78, 5) is 8.53. The van der Waals surface area contributed by atoms with Crippen molar-refractivity contribution in [3.63, 3.8) is 0 Å². The first-order valence-corrected chi connectivity index (χ1v) is 8.76. The molecule has 0 amide bonds. The van der Waals surface area contributed by atoms with E-state index < -0.39 is 11.9 Å². The second-order valence-corrected chi connectivity index (χ2v) is 6.37. The molecule has 2 aromatic rings. The van der Waals surface area contributed by atoms with Crippen LogP contribution < -0.4 is 20.7 Å². The molecule has 0 radical (unpaired) electrons. The van der Waals surface area contributed by atoms with Crippen molar-refractivity contribution in [2.75, 3.05) is 37.9 Å². The van der Waals surface area contributed by atoms with Gasteiger partial charge in [0.1, 0.15) is 11.6 Å². The Labute approximate surface area is 157 Å². The van der Waals surface area contributed by atoms with E-state index in [-0.39, 0.29) is 5.82 Å². The van der Waals surface area contributed by atoms with Crippen LogP contribution in [0.3, 0.4) is 0 Å². The van der Waals surface area contributed by atoms with Crippen LogP contribution in [0.4, 0.5) is 21.7 Å². The van der Waals surface area contributed by atoms with E-state index in [0.717, 1.165) is 11.4 Å². The van der Waals surface area contributed by atoms with Gasteiger partial charge in [0.05, 0.1) is 25.0 Å². The predicted molar refractivity (Wildman–Crippen MR) is 104 cm³/mol. The molecule has 7 nitrogen and oxygen atoms in total. The summed E-state index contributed by atoms with van der Waals surface area (Å²) in [5, 5.41) is 19.1. The Morgan fingerprint density at radius 1 is 1.37 bits per heavy atom. The van der Waals surface area contributed by atoms with E-state index in [0.29, 0.717) is 42.2 Å². The number of β-amino-alcohol motifs (C(OH)–C–C–N with tert-alkyl or cyclic N) is 1. The van der Waals surface area contributed by atoms with Gasteiger partial charge in [-0.15, -0.1) is 0 Å². The van der Waals surface area contributed by atoms with Crippen molar-refractivity contribution < 1.29 is 14.2 Å². The van der Waals surface area contributed by atoms with E-state index in [1.807, 2.05) is 19.1 Å². The molecule has 3 rings (SSSR count). The number of rotatable bonds is 5. The average molecular weight is 373 g/mol. The zero-order valence-electron chi connectivity index (χ0n) is 15.6. The van der Waals surface area contributed by atoms with Crippen molar-refractivity contribution in [2.45, 2.75) is 19.4 Å². The fourth-order valence-corrected chi connectivity index (χ4v) is 3.07. The number of pyridine rings is 2. The molecule has 1 aliphatic rings. The molecule has 0 aliphatic carbocycles. The molecule has 1 aliphatic heterocycles. The van der Waals surface area contributed by atoms with Crippen molar-refractivity contribution in [3.05, 3.63) is 41.5 Å². The molecule has 0 bridgehead atoms. The number of nitrogens with zero attached hydrogens (tertiary/aromatic N) is 2. The Balaban J connectivity index is 2.01. The van der Waals surface area contributed by atoms with Gasteiger partial charge < -0.3 is 25.8 Å². The molecule has 4 N–H and O–H groups in total. The molecular weight excluding hydrogens is 349 g/mol. The van der Waals surface area contributed by atoms with Crippen molar-refractivity contribution >= 4 is 22.9 Å². The summed E-state index contributed by atoms with van der Waals surface area (Å²) in [6.45, 7) is 2.87. The largest absolute Gasteiger partial charge is 0.494 e. The monoisotopic (exact) mass is 373 g/mol. The first kappa shape index (κ1) is 19.1. The van der Waals surface area contributed by atoms with Crippen molar-refractivity contribution in [1.82, 2.24) is 15.3 Å². The summed E-state index contributed by atoms with van der Waals surface area (Å²) < 4.78 is 20.7. The molecule has 0 spiro atoms. The van der Waals surface area contributed by atoms with Gasteiger partial charge in [-0.3, -0.25) is 0 Å². The minimum absolute atomic E-state index is 0.0542. The van der Waals surface area contributed by atoms with Crippen LogP contribution in [0.1, 0.15) is 17.7 Å². The van der Waals surface area contributed by atoms with E-state index >= 15 is 4.39 Å². The Bertz CT molecular complexity index is 856. The van der Waals surface area contributed by atoms with E-state index in [2.05, 4.69) is 25.9 Å². The highest BCUT2D eigenvalue weighted by Crippen LogP contribution is 2.35. The van der Waals surface area contributed by atoms with Gasteiger partial charge in [0, 0.05) is 44.0 Å². The fraction of sp³-hybridized carbons (Fsp3) is 0.368. The van der Waals surface area contributed by atoms with Gasteiger partial charge in [-0.25, -0.2) is 14.4 Å². The van der Waals surface area contributed by atoms with Crippen LogP contribution >= 0.6 is 0 Å². The zero-order chi connectivity index (χ0) is 19.4. The van der Waals surface area contributed by atoms with E-state index in [9.17, 15) is 5.11 Å². The molecule has 1 atom stereocenters. The Kier molecular flexibility index (Phi) is 5.88. The van der Waals surface area contributed by atoms with Crippen LogP contribution in [0.2, 0.25) is 0 Å². The van der Waals surface area contributed by atoms with Crippen molar-refractivity contribution in [1.29, 1.82) is 0 Å². The molecule has 0 saturated carbocycles. The lowest BCUT2D eigenvalue weighted by molar-refractivity contribution is 0.180. The maximum atomic E-state index is 15.3. The van der Waals surface area contributed by atoms with Gasteiger partial charge in [0.2, 0.25) is 0 Å². The lowest BCUT2D eigenvalue weighted by Gasteiger charge is -2.17. The van der Waals surface area contributed by atoms with Gasteiger partial charge >= 0.3 is 0 Å². The summed E-state index contributed by atoms with van der Waals surface area (Å²) >= 11 is 0. The number of aliphatic hydroxyl groups excluding tert-OH is 1. The smallest absolute Gasteiger partial charge is 0.177 e. The Morgan fingerprint density at radius 2 is 2.19 bits per heavy atom. The van der Waals surface area contributed by atoms with Crippen molar-refractivity contribution in [3.8, 4) is 5.75 Å². The topological polar surface area (TPSA) is 91.3 Å². The Morgan fingerprint density at radius 3 is 2.93 bits per heavy atom. The van der Waals surface area contributed by atoms with Gasteiger partial charge in [-0.2, -0.15) is 0 Å². The summed E-state index contributed by atoms with van der Waals surface area (Å²) in [7, 11) is 3.28. The maximum Gasteiger partial charge on any atom is 0.177 e. The van der Waals surface area contributed by atoms with Crippen LogP contribution in [0, 0.1) is 12.7 Å². The predicted octanol–water partition coefficient (Wildman–Crippen LogP) is 2.46. The number of hydrogen-bond donors (Lipinski definition) is 4. The average Bonchev–Trinajstić information content (AvgIpc) is 2.86. The van der Waals surface area contributed by atoms with Gasteiger partial charge in [-0.1, -0.05) is 6.08 Å². The van der Waals surface area contributed by atoms with Crippen molar-refractivity contribution in [2.24, 2.45) is 0 Å². The van der Waals surface area contributed by atoms with Crippen LogP contribution in [0.5, 0.6) is 5.75 Å². The highest BCUT2D eigenvalue weighted by atomic mass is 19.1. The molecule has 8 heteroatoms. The molecule has 0 fully saturated rings. The Hall–Kier alpha value is -2.71. The minimum Gasteiger partial charge on any atom is -0.494 e. The quantitative estimate of drug-likeness (QED) is 0.640. The highest BCUT2D eigenvalue weighted by Gasteiger charge is 2.22. The van der Waals surface area contributed by atoms with Gasteiger partial charge in [0.25, 0.3) is 0 Å². The SMILES string of the molecule is CNc1cc(C)nc(Nc2ncc(OC)c(C3=CCNCC(O)C3)c2F)c1. The van der Waals surface area contributed by atoms with Crippen LogP contribution in [0.15, 0.2) is 24.4 Å². The van der Waals surface area contributed by atoms with Crippen LogP contribution in [0.25, 0.3) is 5.57 Å². The van der Waals surface area contributed by atoms with Gasteiger partial charge in [0.15, 0.2) is 11.6 Å². The molecular formula is C19H24FN5O2. The first-order chi connectivity index (χ1) is 13.0. The minimum atomic E-state index is -0.593.